The Morgan fingerprint density at radius 2 is 0.969 bits per heavy atom. The number of imide groups is 2. The van der Waals surface area contributed by atoms with Gasteiger partial charge in [0.2, 0.25) is 0 Å². The maximum Gasteiger partial charge on any atom is 0.258 e. The molecule has 0 bridgehead atoms. The molecular formula is C26H24N2O4. The van der Waals surface area contributed by atoms with E-state index < -0.39 is 0 Å². The summed E-state index contributed by atoms with van der Waals surface area (Å²) < 4.78 is 0. The number of hydrogen-bond donors (Lipinski definition) is 0. The van der Waals surface area contributed by atoms with Gasteiger partial charge in [0.1, 0.15) is 0 Å². The summed E-state index contributed by atoms with van der Waals surface area (Å²) in [5, 5.41) is 0. The van der Waals surface area contributed by atoms with Crippen LogP contribution in [0.5, 0.6) is 0 Å². The number of carbonyl (C=O) groups is 4. The van der Waals surface area contributed by atoms with Gasteiger partial charge in [-0.3, -0.25) is 19.2 Å². The summed E-state index contributed by atoms with van der Waals surface area (Å²) in [6.45, 7) is 7.71. The Hall–Kier alpha value is -3.80. The number of nitrogens with zero attached hydrogens (tertiary/aromatic N) is 2. The van der Waals surface area contributed by atoms with Gasteiger partial charge in [-0.25, -0.2) is 9.80 Å². The zero-order chi connectivity index (χ0) is 23.2. The first-order valence-corrected chi connectivity index (χ1v) is 10.6. The zero-order valence-corrected chi connectivity index (χ0v) is 18.6. The van der Waals surface area contributed by atoms with E-state index in [1.807, 2.05) is 52.0 Å². The molecule has 2 aromatic carbocycles. The molecule has 32 heavy (non-hydrogen) atoms. The molecule has 0 N–H and O–H groups in total. The second-order valence-corrected chi connectivity index (χ2v) is 8.22. The topological polar surface area (TPSA) is 74.8 Å². The lowest BCUT2D eigenvalue weighted by atomic mass is 9.94. The number of anilines is 2. The Kier molecular flexibility index (Phi) is 5.38. The Morgan fingerprint density at radius 1 is 0.594 bits per heavy atom. The molecule has 4 rings (SSSR count). The van der Waals surface area contributed by atoms with Crippen molar-refractivity contribution in [1.29, 1.82) is 0 Å². The van der Waals surface area contributed by atoms with Crippen molar-refractivity contribution in [3.63, 3.8) is 0 Å². The summed E-state index contributed by atoms with van der Waals surface area (Å²) in [4.78, 5) is 51.1. The van der Waals surface area contributed by atoms with E-state index in [4.69, 9.17) is 0 Å². The molecule has 2 aromatic rings. The fraction of sp³-hybridized carbons (Fsp3) is 0.231. The van der Waals surface area contributed by atoms with E-state index in [-0.39, 0.29) is 23.6 Å². The van der Waals surface area contributed by atoms with Crippen molar-refractivity contribution < 1.29 is 19.2 Å². The van der Waals surface area contributed by atoms with Crippen molar-refractivity contribution in [2.24, 2.45) is 0 Å². The SMILES string of the molecule is CCc1cc(Cc2cc(C)c(N3C(=O)C=CC3=O)c(C)c2)cc(C)c1N1C(=O)C=CC1=O. The first-order chi connectivity index (χ1) is 15.2. The van der Waals surface area contributed by atoms with Crippen LogP contribution in [0.1, 0.15) is 40.3 Å². The number of benzene rings is 2. The minimum absolute atomic E-state index is 0.317. The van der Waals surface area contributed by atoms with Gasteiger partial charge in [0.05, 0.1) is 11.4 Å². The molecular weight excluding hydrogens is 404 g/mol. The van der Waals surface area contributed by atoms with Crippen LogP contribution in [0.25, 0.3) is 0 Å². The number of carbonyl (C=O) groups excluding carboxylic acids is 4. The fourth-order valence-electron chi connectivity index (χ4n) is 4.60. The van der Waals surface area contributed by atoms with Crippen LogP contribution in [-0.2, 0) is 32.0 Å². The van der Waals surface area contributed by atoms with Crippen LogP contribution in [0.15, 0.2) is 48.6 Å². The molecule has 2 aliphatic heterocycles. The summed E-state index contributed by atoms with van der Waals surface area (Å²) in [6, 6.07) is 8.03. The third-order valence-corrected chi connectivity index (χ3v) is 5.84. The molecule has 0 atom stereocenters. The van der Waals surface area contributed by atoms with Crippen molar-refractivity contribution in [2.45, 2.75) is 40.5 Å². The summed E-state index contributed by atoms with van der Waals surface area (Å²) in [5.74, 6) is -1.28. The highest BCUT2D eigenvalue weighted by Crippen LogP contribution is 2.33. The lowest BCUT2D eigenvalue weighted by molar-refractivity contribution is -0.121. The maximum absolute atomic E-state index is 12.2. The van der Waals surface area contributed by atoms with Crippen LogP contribution in [0, 0.1) is 20.8 Å². The molecule has 0 saturated heterocycles. The van der Waals surface area contributed by atoms with Gasteiger partial charge in [0.25, 0.3) is 23.6 Å². The molecule has 0 aromatic heterocycles. The number of aryl methyl sites for hydroxylation is 4. The van der Waals surface area contributed by atoms with Gasteiger partial charge >= 0.3 is 0 Å². The fourth-order valence-corrected chi connectivity index (χ4v) is 4.60. The Labute approximate surface area is 186 Å². The van der Waals surface area contributed by atoms with Gasteiger partial charge in [-0.15, -0.1) is 0 Å². The molecule has 0 fully saturated rings. The molecule has 0 aliphatic carbocycles. The minimum Gasteiger partial charge on any atom is -0.269 e. The van der Waals surface area contributed by atoms with Crippen molar-refractivity contribution >= 4 is 35.0 Å². The van der Waals surface area contributed by atoms with Gasteiger partial charge in [0.15, 0.2) is 0 Å². The normalized spacial score (nSPS) is 15.6. The Balaban J connectivity index is 1.67. The molecule has 0 saturated carbocycles. The van der Waals surface area contributed by atoms with E-state index >= 15 is 0 Å². The Morgan fingerprint density at radius 3 is 1.41 bits per heavy atom. The summed E-state index contributed by atoms with van der Waals surface area (Å²) in [7, 11) is 0. The number of amides is 4. The smallest absolute Gasteiger partial charge is 0.258 e. The second-order valence-electron chi connectivity index (χ2n) is 8.22. The third-order valence-electron chi connectivity index (χ3n) is 5.84. The van der Waals surface area contributed by atoms with Gasteiger partial charge in [-0.2, -0.15) is 0 Å². The minimum atomic E-state index is -0.326. The molecule has 6 nitrogen and oxygen atoms in total. The van der Waals surface area contributed by atoms with Crippen LogP contribution in [-0.4, -0.2) is 23.6 Å². The summed E-state index contributed by atoms with van der Waals surface area (Å²) in [5.41, 5.74) is 6.94. The molecule has 2 aliphatic rings. The molecule has 0 radical (unpaired) electrons. The highest BCUT2D eigenvalue weighted by atomic mass is 16.2. The predicted octanol–water partition coefficient (Wildman–Crippen LogP) is 3.62. The first-order valence-electron chi connectivity index (χ1n) is 10.6. The predicted molar refractivity (Wildman–Crippen MR) is 123 cm³/mol. The average molecular weight is 428 g/mol. The highest BCUT2D eigenvalue weighted by molar-refractivity contribution is 6.29. The highest BCUT2D eigenvalue weighted by Gasteiger charge is 2.29. The monoisotopic (exact) mass is 428 g/mol. The van der Waals surface area contributed by atoms with Crippen LogP contribution >= 0.6 is 0 Å². The molecule has 2 heterocycles. The largest absolute Gasteiger partial charge is 0.269 e. The van der Waals surface area contributed by atoms with Gasteiger partial charge in [-0.1, -0.05) is 31.2 Å². The third kappa shape index (κ3) is 3.58. The standard InChI is InChI=1S/C26H24N2O4/c1-5-20-14-19(12-17(4)26(20)28-23(31)8-9-24(28)32)13-18-10-15(2)25(16(3)11-18)27-21(29)6-7-22(27)30/h6-12,14H,5,13H2,1-4H3. The van der Waals surface area contributed by atoms with Crippen LogP contribution < -0.4 is 9.80 Å². The van der Waals surface area contributed by atoms with Crippen LogP contribution in [0.3, 0.4) is 0 Å². The summed E-state index contributed by atoms with van der Waals surface area (Å²) >= 11 is 0. The van der Waals surface area contributed by atoms with Crippen molar-refractivity contribution in [3.05, 3.63) is 82.0 Å². The van der Waals surface area contributed by atoms with Crippen molar-refractivity contribution in [1.82, 2.24) is 0 Å². The van der Waals surface area contributed by atoms with Gasteiger partial charge in [-0.05, 0) is 67.0 Å². The molecule has 4 amide bonds. The van der Waals surface area contributed by atoms with Gasteiger partial charge in [0, 0.05) is 24.3 Å². The van der Waals surface area contributed by atoms with E-state index in [1.165, 1.54) is 34.1 Å². The van der Waals surface area contributed by atoms with Crippen LogP contribution in [0.4, 0.5) is 11.4 Å². The molecule has 6 heteroatoms. The molecule has 0 spiro atoms. The lowest BCUT2D eigenvalue weighted by Crippen LogP contribution is -2.31. The van der Waals surface area contributed by atoms with E-state index in [1.54, 1.807) is 0 Å². The van der Waals surface area contributed by atoms with Crippen molar-refractivity contribution in [3.8, 4) is 0 Å². The number of hydrogen-bond acceptors (Lipinski definition) is 4. The van der Waals surface area contributed by atoms with E-state index in [2.05, 4.69) is 0 Å². The quantitative estimate of drug-likeness (QED) is 0.682. The second kappa shape index (κ2) is 8.04. The first kappa shape index (κ1) is 21.4. The average Bonchev–Trinajstić information content (AvgIpc) is 3.23. The van der Waals surface area contributed by atoms with Crippen molar-refractivity contribution in [2.75, 3.05) is 9.80 Å². The zero-order valence-electron chi connectivity index (χ0n) is 18.6. The van der Waals surface area contributed by atoms with E-state index in [0.29, 0.717) is 24.2 Å². The van der Waals surface area contributed by atoms with Crippen LogP contribution in [0.2, 0.25) is 0 Å². The van der Waals surface area contributed by atoms with Gasteiger partial charge < -0.3 is 0 Å². The van der Waals surface area contributed by atoms with E-state index in [9.17, 15) is 19.2 Å². The molecule has 162 valence electrons. The summed E-state index contributed by atoms with van der Waals surface area (Å²) in [6.07, 6.45) is 6.51. The lowest BCUT2D eigenvalue weighted by Gasteiger charge is -2.22. The maximum atomic E-state index is 12.2. The number of rotatable bonds is 5. The Bertz CT molecular complexity index is 1190. The van der Waals surface area contributed by atoms with E-state index in [0.717, 1.165) is 33.4 Å². The molecule has 0 unspecified atom stereocenters.